The maximum absolute atomic E-state index is 11.1. The predicted octanol–water partition coefficient (Wildman–Crippen LogP) is -1.18. The maximum Gasteiger partial charge on any atom is 0.390 e. The van der Waals surface area contributed by atoms with Gasteiger partial charge < -0.3 is 17.5 Å². The first-order valence-corrected chi connectivity index (χ1v) is 4.73. The Morgan fingerprint density at radius 1 is 1.19 bits per heavy atom. The Hall–Kier alpha value is -1.32. The molecule has 0 saturated heterocycles. The van der Waals surface area contributed by atoms with Gasteiger partial charge in [0.1, 0.15) is 0 Å². The molecule has 1 N–H and O–H groups in total. The summed E-state index contributed by atoms with van der Waals surface area (Å²) in [4.78, 5) is 11.1. The number of carboxylic acids is 1. The second-order valence-corrected chi connectivity index (χ2v) is 4.26. The van der Waals surface area contributed by atoms with E-state index in [-0.39, 0.29) is 12.4 Å². The molecular formula is C12H16ClNO2. The van der Waals surface area contributed by atoms with Gasteiger partial charge in [0.05, 0.1) is 21.1 Å². The van der Waals surface area contributed by atoms with Crippen LogP contribution in [-0.2, 0) is 4.79 Å². The monoisotopic (exact) mass is 241 g/mol. The molecule has 0 aliphatic carbocycles. The van der Waals surface area contributed by atoms with E-state index in [4.69, 9.17) is 5.11 Å². The highest BCUT2D eigenvalue weighted by molar-refractivity contribution is 5.89. The van der Waals surface area contributed by atoms with Gasteiger partial charge in [-0.25, -0.2) is 4.79 Å². The topological polar surface area (TPSA) is 37.3 Å². The molecule has 0 radical (unpaired) electrons. The molecule has 1 aromatic carbocycles. The number of carboxylic acid groups (broad SMARTS) is 1. The van der Waals surface area contributed by atoms with Crippen LogP contribution in [-0.4, -0.2) is 36.7 Å². The standard InChI is InChI=1S/C12H15NO2.ClH/c1-13(2,3)11(12(14)15)9-10-7-5-4-6-8-10;/h4-9H,1-3H3;1H. The zero-order valence-electron chi connectivity index (χ0n) is 9.64. The summed E-state index contributed by atoms with van der Waals surface area (Å²) in [7, 11) is 5.51. The Balaban J connectivity index is 0.00000225. The highest BCUT2D eigenvalue weighted by Crippen LogP contribution is 2.13. The minimum Gasteiger partial charge on any atom is -1.00 e. The van der Waals surface area contributed by atoms with Crippen molar-refractivity contribution in [2.24, 2.45) is 0 Å². The fourth-order valence-electron chi connectivity index (χ4n) is 1.25. The van der Waals surface area contributed by atoms with Crippen LogP contribution in [0.5, 0.6) is 0 Å². The molecule has 0 unspecified atom stereocenters. The van der Waals surface area contributed by atoms with Crippen LogP contribution in [0.25, 0.3) is 6.08 Å². The lowest BCUT2D eigenvalue weighted by Gasteiger charge is -2.23. The number of likely N-dealkylation sites (N-methyl/N-ethyl adjacent to an activating group) is 1. The van der Waals surface area contributed by atoms with E-state index in [1.165, 1.54) is 0 Å². The molecule has 0 fully saturated rings. The maximum atomic E-state index is 11.1. The average molecular weight is 242 g/mol. The third kappa shape index (κ3) is 4.04. The highest BCUT2D eigenvalue weighted by Gasteiger charge is 2.23. The summed E-state index contributed by atoms with van der Waals surface area (Å²) in [6.45, 7) is 0. The molecule has 0 heterocycles. The Bertz CT molecular complexity index is 380. The number of aliphatic carboxylic acids is 1. The van der Waals surface area contributed by atoms with Gasteiger partial charge in [0.2, 0.25) is 5.70 Å². The molecule has 0 saturated carbocycles. The van der Waals surface area contributed by atoms with E-state index in [2.05, 4.69) is 0 Å². The largest absolute Gasteiger partial charge is 1.00 e. The SMILES string of the molecule is C[N+](C)(C)C(=Cc1ccccc1)C(=O)O.[Cl-]. The number of halogens is 1. The van der Waals surface area contributed by atoms with E-state index in [0.717, 1.165) is 5.56 Å². The summed E-state index contributed by atoms with van der Waals surface area (Å²) in [5.41, 5.74) is 1.27. The van der Waals surface area contributed by atoms with Crippen LogP contribution in [0, 0.1) is 0 Å². The number of nitrogens with zero attached hydrogens (tertiary/aromatic N) is 1. The first kappa shape index (κ1) is 14.7. The van der Waals surface area contributed by atoms with Crippen LogP contribution in [0.2, 0.25) is 0 Å². The fourth-order valence-corrected chi connectivity index (χ4v) is 1.25. The van der Waals surface area contributed by atoms with Crippen molar-refractivity contribution in [1.82, 2.24) is 0 Å². The Kier molecular flexibility index (Phi) is 5.21. The van der Waals surface area contributed by atoms with Gasteiger partial charge in [-0.2, -0.15) is 0 Å². The average Bonchev–Trinajstić information content (AvgIpc) is 2.13. The highest BCUT2D eigenvalue weighted by atomic mass is 35.5. The molecule has 0 aromatic heterocycles. The molecule has 3 nitrogen and oxygen atoms in total. The number of hydrogen-bond acceptors (Lipinski definition) is 1. The van der Waals surface area contributed by atoms with Gasteiger partial charge in [0.25, 0.3) is 0 Å². The molecule has 1 rings (SSSR count). The van der Waals surface area contributed by atoms with Crippen LogP contribution in [0.1, 0.15) is 5.56 Å². The summed E-state index contributed by atoms with van der Waals surface area (Å²) in [6, 6.07) is 9.46. The van der Waals surface area contributed by atoms with Crippen molar-refractivity contribution in [2.75, 3.05) is 21.1 Å². The smallest absolute Gasteiger partial charge is 0.390 e. The first-order valence-electron chi connectivity index (χ1n) is 4.73. The van der Waals surface area contributed by atoms with Crippen molar-refractivity contribution in [2.45, 2.75) is 0 Å². The number of rotatable bonds is 3. The van der Waals surface area contributed by atoms with Gasteiger partial charge in [-0.1, -0.05) is 30.3 Å². The van der Waals surface area contributed by atoms with Crippen molar-refractivity contribution in [3.05, 3.63) is 41.6 Å². The second-order valence-electron chi connectivity index (χ2n) is 4.26. The Morgan fingerprint density at radius 2 is 1.69 bits per heavy atom. The second kappa shape index (κ2) is 5.68. The third-order valence-electron chi connectivity index (χ3n) is 2.04. The van der Waals surface area contributed by atoms with Crippen molar-refractivity contribution >= 4 is 12.0 Å². The number of benzene rings is 1. The fraction of sp³-hybridized carbons (Fsp3) is 0.250. The van der Waals surface area contributed by atoms with E-state index >= 15 is 0 Å². The van der Waals surface area contributed by atoms with Gasteiger partial charge in [-0.15, -0.1) is 0 Å². The Morgan fingerprint density at radius 3 is 2.06 bits per heavy atom. The van der Waals surface area contributed by atoms with Crippen LogP contribution in [0.4, 0.5) is 0 Å². The summed E-state index contributed by atoms with van der Waals surface area (Å²) in [5.74, 6) is -0.883. The lowest BCUT2D eigenvalue weighted by molar-refractivity contribution is -0.826. The quantitative estimate of drug-likeness (QED) is 0.535. The summed E-state index contributed by atoms with van der Waals surface area (Å²) in [6.07, 6.45) is 1.70. The normalized spacial score (nSPS) is 11.8. The first-order chi connectivity index (χ1) is 6.91. The van der Waals surface area contributed by atoms with E-state index in [0.29, 0.717) is 10.2 Å². The molecule has 0 aliphatic rings. The molecule has 0 atom stereocenters. The van der Waals surface area contributed by atoms with Crippen LogP contribution in [0.15, 0.2) is 36.0 Å². The van der Waals surface area contributed by atoms with Crippen LogP contribution < -0.4 is 12.4 Å². The van der Waals surface area contributed by atoms with Crippen molar-refractivity contribution in [1.29, 1.82) is 0 Å². The third-order valence-corrected chi connectivity index (χ3v) is 2.04. The molecule has 0 aliphatic heterocycles. The molecule has 1 aromatic rings. The number of carbonyl (C=O) groups is 1. The lowest BCUT2D eigenvalue weighted by atomic mass is 10.2. The van der Waals surface area contributed by atoms with Gasteiger partial charge in [0, 0.05) is 6.08 Å². The molecule has 88 valence electrons. The summed E-state index contributed by atoms with van der Waals surface area (Å²) < 4.78 is 0.296. The van der Waals surface area contributed by atoms with Crippen molar-refractivity contribution in [3.63, 3.8) is 0 Å². The lowest BCUT2D eigenvalue weighted by Crippen LogP contribution is -3.00. The predicted molar refractivity (Wildman–Crippen MR) is 60.1 cm³/mol. The number of hydrogen-bond donors (Lipinski definition) is 1. The van der Waals surface area contributed by atoms with Crippen molar-refractivity contribution < 1.29 is 26.8 Å². The molecule has 0 bridgehead atoms. The minimum absolute atomic E-state index is 0. The number of quaternary nitrogens is 1. The zero-order chi connectivity index (χ0) is 11.5. The van der Waals surface area contributed by atoms with E-state index in [1.54, 1.807) is 6.08 Å². The molecule has 4 heteroatoms. The molecule has 0 amide bonds. The molecule has 16 heavy (non-hydrogen) atoms. The molecular weight excluding hydrogens is 226 g/mol. The van der Waals surface area contributed by atoms with Gasteiger partial charge in [0.15, 0.2) is 0 Å². The minimum atomic E-state index is -0.883. The summed E-state index contributed by atoms with van der Waals surface area (Å²) in [5, 5.41) is 9.09. The summed E-state index contributed by atoms with van der Waals surface area (Å²) >= 11 is 0. The van der Waals surface area contributed by atoms with Gasteiger partial charge >= 0.3 is 5.97 Å². The van der Waals surface area contributed by atoms with Gasteiger partial charge in [-0.3, -0.25) is 4.48 Å². The molecule has 0 spiro atoms. The van der Waals surface area contributed by atoms with E-state index < -0.39 is 5.97 Å². The van der Waals surface area contributed by atoms with Crippen LogP contribution in [0.3, 0.4) is 0 Å². The van der Waals surface area contributed by atoms with Gasteiger partial charge in [-0.05, 0) is 5.56 Å². The van der Waals surface area contributed by atoms with E-state index in [1.807, 2.05) is 51.5 Å². The van der Waals surface area contributed by atoms with E-state index in [9.17, 15) is 4.79 Å². The zero-order valence-corrected chi connectivity index (χ0v) is 10.4. The van der Waals surface area contributed by atoms with Crippen LogP contribution >= 0.6 is 0 Å². The Labute approximate surface area is 102 Å². The van der Waals surface area contributed by atoms with Crippen molar-refractivity contribution in [3.8, 4) is 0 Å².